The molecule has 0 saturated carbocycles. The van der Waals surface area contributed by atoms with Gasteiger partial charge in [-0.15, -0.1) is 0 Å². The summed E-state index contributed by atoms with van der Waals surface area (Å²) in [4.78, 5) is 0. The van der Waals surface area contributed by atoms with Gasteiger partial charge in [0.1, 0.15) is 10.8 Å². The number of halogens is 2. The van der Waals surface area contributed by atoms with E-state index in [2.05, 4.69) is 19.2 Å². The van der Waals surface area contributed by atoms with Gasteiger partial charge in [-0.2, -0.15) is 0 Å². The molecule has 0 aliphatic heterocycles. The van der Waals surface area contributed by atoms with E-state index in [1.807, 2.05) is 13.0 Å². The maximum atomic E-state index is 6.15. The molecule has 4 heteroatoms. The van der Waals surface area contributed by atoms with Gasteiger partial charge < -0.3 is 9.73 Å². The van der Waals surface area contributed by atoms with E-state index < -0.39 is 0 Å². The SMILES string of the molecule is CCNC(C)c1oc2c(Cl)c(Cl)ccc2c1C. The number of hydrogen-bond donors (Lipinski definition) is 1. The summed E-state index contributed by atoms with van der Waals surface area (Å²) in [5, 5.41) is 5.37. The Morgan fingerprint density at radius 3 is 2.71 bits per heavy atom. The van der Waals surface area contributed by atoms with Crippen LogP contribution in [0.25, 0.3) is 11.0 Å². The zero-order valence-electron chi connectivity index (χ0n) is 10.1. The fourth-order valence-corrected chi connectivity index (χ4v) is 2.41. The van der Waals surface area contributed by atoms with Crippen molar-refractivity contribution in [2.75, 3.05) is 6.54 Å². The van der Waals surface area contributed by atoms with Crippen molar-refractivity contribution >= 4 is 34.2 Å². The third-order valence-corrected chi connectivity index (χ3v) is 3.73. The average Bonchev–Trinajstić information content (AvgIpc) is 2.63. The largest absolute Gasteiger partial charge is 0.457 e. The molecule has 2 nitrogen and oxygen atoms in total. The van der Waals surface area contributed by atoms with Crippen LogP contribution in [0.1, 0.15) is 31.2 Å². The first-order valence-electron chi connectivity index (χ1n) is 5.66. The Bertz CT molecular complexity index is 548. The maximum absolute atomic E-state index is 6.15. The Hall–Kier alpha value is -0.700. The topological polar surface area (TPSA) is 25.2 Å². The Kier molecular flexibility index (Phi) is 3.67. The van der Waals surface area contributed by atoms with Gasteiger partial charge >= 0.3 is 0 Å². The molecule has 1 aromatic heterocycles. The predicted octanol–water partition coefficient (Wildman–Crippen LogP) is 4.72. The highest BCUT2D eigenvalue weighted by atomic mass is 35.5. The number of aryl methyl sites for hydroxylation is 1. The molecule has 0 spiro atoms. The molecule has 92 valence electrons. The van der Waals surface area contributed by atoms with Crippen molar-refractivity contribution in [1.29, 1.82) is 0 Å². The lowest BCUT2D eigenvalue weighted by molar-refractivity contribution is 0.456. The van der Waals surface area contributed by atoms with E-state index in [9.17, 15) is 0 Å². The number of hydrogen-bond acceptors (Lipinski definition) is 2. The first-order valence-corrected chi connectivity index (χ1v) is 6.42. The molecule has 1 atom stereocenters. The molecular formula is C13H15Cl2NO. The quantitative estimate of drug-likeness (QED) is 0.874. The second kappa shape index (κ2) is 4.89. The van der Waals surface area contributed by atoms with E-state index in [-0.39, 0.29) is 6.04 Å². The third-order valence-electron chi connectivity index (χ3n) is 2.94. The number of nitrogens with one attached hydrogen (secondary N) is 1. The molecule has 0 aliphatic rings. The van der Waals surface area contributed by atoms with Crippen molar-refractivity contribution in [3.63, 3.8) is 0 Å². The Balaban J connectivity index is 2.60. The minimum Gasteiger partial charge on any atom is -0.457 e. The molecule has 2 aromatic rings. The van der Waals surface area contributed by atoms with Crippen LogP contribution in [0.3, 0.4) is 0 Å². The Morgan fingerprint density at radius 2 is 2.06 bits per heavy atom. The molecule has 1 unspecified atom stereocenters. The molecule has 0 bridgehead atoms. The third kappa shape index (κ3) is 2.17. The van der Waals surface area contributed by atoms with E-state index in [1.165, 1.54) is 0 Å². The van der Waals surface area contributed by atoms with Gasteiger partial charge in [0.15, 0.2) is 5.58 Å². The van der Waals surface area contributed by atoms with Gasteiger partial charge in [0, 0.05) is 10.9 Å². The van der Waals surface area contributed by atoms with Gasteiger partial charge in [0.2, 0.25) is 0 Å². The number of furan rings is 1. The second-order valence-electron chi connectivity index (χ2n) is 4.11. The molecular weight excluding hydrogens is 257 g/mol. The van der Waals surface area contributed by atoms with Crippen molar-refractivity contribution in [1.82, 2.24) is 5.32 Å². The van der Waals surface area contributed by atoms with E-state index >= 15 is 0 Å². The summed E-state index contributed by atoms with van der Waals surface area (Å²) >= 11 is 12.1. The highest BCUT2D eigenvalue weighted by Gasteiger charge is 2.18. The molecule has 2 rings (SSSR count). The molecule has 0 saturated heterocycles. The molecule has 0 fully saturated rings. The molecule has 1 heterocycles. The van der Waals surface area contributed by atoms with Crippen LogP contribution in [0.4, 0.5) is 0 Å². The summed E-state index contributed by atoms with van der Waals surface area (Å²) in [6.45, 7) is 7.08. The Morgan fingerprint density at radius 1 is 1.35 bits per heavy atom. The number of rotatable bonds is 3. The number of benzene rings is 1. The zero-order valence-corrected chi connectivity index (χ0v) is 11.6. The normalized spacial score (nSPS) is 13.2. The smallest absolute Gasteiger partial charge is 0.154 e. The molecule has 0 radical (unpaired) electrons. The monoisotopic (exact) mass is 271 g/mol. The van der Waals surface area contributed by atoms with Crippen molar-refractivity contribution in [2.45, 2.75) is 26.8 Å². The lowest BCUT2D eigenvalue weighted by Crippen LogP contribution is -2.17. The van der Waals surface area contributed by atoms with E-state index in [0.29, 0.717) is 15.6 Å². The first kappa shape index (κ1) is 12.7. The van der Waals surface area contributed by atoms with Crippen LogP contribution >= 0.6 is 23.2 Å². The summed E-state index contributed by atoms with van der Waals surface area (Å²) in [7, 11) is 0. The molecule has 1 aromatic carbocycles. The highest BCUT2D eigenvalue weighted by molar-refractivity contribution is 6.44. The standard InChI is InChI=1S/C13H15Cl2NO/c1-4-16-8(3)12-7(2)9-5-6-10(14)11(15)13(9)17-12/h5-6,8,16H,4H2,1-3H3. The van der Waals surface area contributed by atoms with Gasteiger partial charge in [0.25, 0.3) is 0 Å². The summed E-state index contributed by atoms with van der Waals surface area (Å²) in [6, 6.07) is 3.92. The van der Waals surface area contributed by atoms with Gasteiger partial charge in [-0.1, -0.05) is 30.1 Å². The second-order valence-corrected chi connectivity index (χ2v) is 4.89. The Labute approximate surface area is 111 Å². The minimum atomic E-state index is 0.169. The van der Waals surface area contributed by atoms with Crippen molar-refractivity contribution in [3.05, 3.63) is 33.5 Å². The van der Waals surface area contributed by atoms with Gasteiger partial charge in [-0.25, -0.2) is 0 Å². The molecule has 0 amide bonds. The molecule has 1 N–H and O–H groups in total. The van der Waals surface area contributed by atoms with Crippen LogP contribution in [0.2, 0.25) is 10.0 Å². The van der Waals surface area contributed by atoms with Gasteiger partial charge in [0.05, 0.1) is 11.1 Å². The highest BCUT2D eigenvalue weighted by Crippen LogP contribution is 2.37. The molecule has 0 aliphatic carbocycles. The maximum Gasteiger partial charge on any atom is 0.154 e. The first-order chi connectivity index (χ1) is 8.06. The summed E-state index contributed by atoms with van der Waals surface area (Å²) in [5.74, 6) is 0.922. The van der Waals surface area contributed by atoms with Crippen molar-refractivity contribution < 1.29 is 4.42 Å². The minimum absolute atomic E-state index is 0.169. The molecule has 17 heavy (non-hydrogen) atoms. The van der Waals surface area contributed by atoms with Crippen LogP contribution in [0, 0.1) is 6.92 Å². The van der Waals surface area contributed by atoms with Crippen LogP contribution in [0.15, 0.2) is 16.5 Å². The lowest BCUT2D eigenvalue weighted by atomic mass is 10.1. The van der Waals surface area contributed by atoms with Crippen LogP contribution < -0.4 is 5.32 Å². The lowest BCUT2D eigenvalue weighted by Gasteiger charge is -2.09. The average molecular weight is 272 g/mol. The zero-order chi connectivity index (χ0) is 12.6. The van der Waals surface area contributed by atoms with Gasteiger partial charge in [-0.3, -0.25) is 0 Å². The van der Waals surface area contributed by atoms with E-state index in [0.717, 1.165) is 23.3 Å². The fraction of sp³-hybridized carbons (Fsp3) is 0.385. The van der Waals surface area contributed by atoms with E-state index in [4.69, 9.17) is 27.6 Å². The van der Waals surface area contributed by atoms with Crippen LogP contribution in [-0.4, -0.2) is 6.54 Å². The van der Waals surface area contributed by atoms with Crippen molar-refractivity contribution in [3.8, 4) is 0 Å². The summed E-state index contributed by atoms with van der Waals surface area (Å²) < 4.78 is 5.85. The summed E-state index contributed by atoms with van der Waals surface area (Å²) in [5.41, 5.74) is 1.79. The van der Waals surface area contributed by atoms with E-state index in [1.54, 1.807) is 6.07 Å². The summed E-state index contributed by atoms with van der Waals surface area (Å²) in [6.07, 6.45) is 0. The van der Waals surface area contributed by atoms with Gasteiger partial charge in [-0.05, 0) is 32.5 Å². The predicted molar refractivity (Wildman–Crippen MR) is 73.1 cm³/mol. The van der Waals surface area contributed by atoms with Crippen LogP contribution in [-0.2, 0) is 0 Å². The fourth-order valence-electron chi connectivity index (χ4n) is 2.06. The van der Waals surface area contributed by atoms with Crippen molar-refractivity contribution in [2.24, 2.45) is 0 Å². The number of fused-ring (bicyclic) bond motifs is 1. The van der Waals surface area contributed by atoms with Crippen LogP contribution in [0.5, 0.6) is 0 Å².